The van der Waals surface area contributed by atoms with Crippen LogP contribution in [0.4, 0.5) is 0 Å². The van der Waals surface area contributed by atoms with Gasteiger partial charge in [0.2, 0.25) is 0 Å². The van der Waals surface area contributed by atoms with Gasteiger partial charge in [-0.3, -0.25) is 10.1 Å². The van der Waals surface area contributed by atoms with Crippen LogP contribution in [-0.4, -0.2) is 21.5 Å². The molecule has 1 aromatic heterocycles. The molecule has 5 heteroatoms. The molecule has 0 atom stereocenters. The predicted molar refractivity (Wildman–Crippen MR) is 40.9 cm³/mol. The summed E-state index contributed by atoms with van der Waals surface area (Å²) in [7, 11) is 2.86. The Labute approximate surface area is 64.8 Å². The van der Waals surface area contributed by atoms with Crippen LogP contribution in [-0.2, 0) is 7.05 Å². The molecule has 0 saturated carbocycles. The van der Waals surface area contributed by atoms with Gasteiger partial charge in [0.1, 0.15) is 5.82 Å². The Morgan fingerprint density at radius 2 is 2.18 bits per heavy atom. The van der Waals surface area contributed by atoms with Crippen LogP contribution in [0.15, 0.2) is 12.4 Å². The summed E-state index contributed by atoms with van der Waals surface area (Å²) in [6.07, 6.45) is 3.71. The summed E-state index contributed by atoms with van der Waals surface area (Å²) in [5.41, 5.74) is 0. The first kappa shape index (κ1) is 9.61. The largest absolute Gasteiger partial charge is 0.338 e. The molecule has 1 heterocycles. The van der Waals surface area contributed by atoms with E-state index < -0.39 is 4.92 Å². The van der Waals surface area contributed by atoms with Crippen LogP contribution in [0.25, 0.3) is 0 Å². The zero-order valence-corrected chi connectivity index (χ0v) is 6.81. The molecule has 5 nitrogen and oxygen atoms in total. The van der Waals surface area contributed by atoms with E-state index in [-0.39, 0.29) is 0 Å². The lowest BCUT2D eigenvalue weighted by Crippen LogP contribution is -1.86. The van der Waals surface area contributed by atoms with Crippen LogP contribution in [0.3, 0.4) is 0 Å². The van der Waals surface area contributed by atoms with Crippen molar-refractivity contribution >= 4 is 0 Å². The summed E-state index contributed by atoms with van der Waals surface area (Å²) in [4.78, 5) is 12.3. The molecule has 0 radical (unpaired) electrons. The van der Waals surface area contributed by atoms with E-state index in [1.165, 1.54) is 0 Å². The topological polar surface area (TPSA) is 61.0 Å². The smallest absolute Gasteiger partial charge is 0.194 e. The molecule has 0 unspecified atom stereocenters. The first-order valence-corrected chi connectivity index (χ1v) is 3.06. The van der Waals surface area contributed by atoms with Crippen molar-refractivity contribution in [2.45, 2.75) is 6.92 Å². The first-order valence-electron chi connectivity index (χ1n) is 3.06. The molecule has 1 rings (SSSR count). The molecule has 0 aliphatic carbocycles. The Kier molecular flexibility index (Phi) is 3.87. The average molecular weight is 157 g/mol. The maximum absolute atomic E-state index is 8.81. The molecule has 0 aliphatic rings. The molecule has 0 aromatic carbocycles. The zero-order chi connectivity index (χ0) is 8.85. The highest BCUT2D eigenvalue weighted by Gasteiger charge is 1.83. The maximum Gasteiger partial charge on any atom is 0.194 e. The number of nitrogens with zero attached hydrogens (tertiary/aromatic N) is 3. The summed E-state index contributed by atoms with van der Waals surface area (Å²) in [5, 5.41) is 8.81. The third-order valence-electron chi connectivity index (χ3n) is 1.06. The van der Waals surface area contributed by atoms with E-state index in [9.17, 15) is 0 Å². The summed E-state index contributed by atoms with van der Waals surface area (Å²) < 4.78 is 1.97. The van der Waals surface area contributed by atoms with Gasteiger partial charge in [-0.2, -0.15) is 0 Å². The number of imidazole rings is 1. The second kappa shape index (κ2) is 4.43. The van der Waals surface area contributed by atoms with Crippen LogP contribution >= 0.6 is 0 Å². The van der Waals surface area contributed by atoms with Crippen molar-refractivity contribution < 1.29 is 4.92 Å². The van der Waals surface area contributed by atoms with Crippen molar-refractivity contribution in [2.75, 3.05) is 7.05 Å². The quantitative estimate of drug-likeness (QED) is 0.409. The minimum atomic E-state index is -0.500. The second-order valence-corrected chi connectivity index (χ2v) is 2.03. The van der Waals surface area contributed by atoms with Gasteiger partial charge >= 0.3 is 0 Å². The highest BCUT2D eigenvalue weighted by atomic mass is 16.6. The lowest BCUT2D eigenvalue weighted by atomic mass is 10.7. The number of aryl methyl sites for hydroxylation is 2. The number of aromatic nitrogens is 2. The standard InChI is InChI=1S/C5H8N2.CH3NO2/c1-5-6-3-4-7(5)2;1-2(3)4/h3-4H,1-2H3;1H3. The minimum absolute atomic E-state index is 0.500. The molecule has 0 saturated heterocycles. The monoisotopic (exact) mass is 157 g/mol. The third-order valence-corrected chi connectivity index (χ3v) is 1.06. The fourth-order valence-electron chi connectivity index (χ4n) is 0.440. The SMILES string of the molecule is C[N+](=O)[O-].Cc1nccn1C. The van der Waals surface area contributed by atoms with E-state index in [2.05, 4.69) is 4.98 Å². The van der Waals surface area contributed by atoms with Crippen LogP contribution in [0.5, 0.6) is 0 Å². The van der Waals surface area contributed by atoms with Gasteiger partial charge in [0.15, 0.2) is 7.05 Å². The van der Waals surface area contributed by atoms with Gasteiger partial charge < -0.3 is 4.57 Å². The van der Waals surface area contributed by atoms with Gasteiger partial charge in [0.05, 0.1) is 0 Å². The van der Waals surface area contributed by atoms with Crippen molar-refractivity contribution in [3.63, 3.8) is 0 Å². The molecule has 0 fully saturated rings. The lowest BCUT2D eigenvalue weighted by molar-refractivity contribution is -0.445. The average Bonchev–Trinajstić information content (AvgIpc) is 2.15. The van der Waals surface area contributed by atoms with Crippen LogP contribution in [0, 0.1) is 17.0 Å². The van der Waals surface area contributed by atoms with Crippen molar-refractivity contribution in [3.8, 4) is 0 Å². The van der Waals surface area contributed by atoms with Crippen molar-refractivity contribution in [3.05, 3.63) is 28.3 Å². The Bertz CT molecular complexity index is 211. The van der Waals surface area contributed by atoms with E-state index in [0.717, 1.165) is 12.9 Å². The van der Waals surface area contributed by atoms with Crippen LogP contribution < -0.4 is 0 Å². The number of hydrogen-bond acceptors (Lipinski definition) is 3. The van der Waals surface area contributed by atoms with Gasteiger partial charge in [-0.1, -0.05) is 0 Å². The van der Waals surface area contributed by atoms with Gasteiger partial charge in [0, 0.05) is 24.4 Å². The number of rotatable bonds is 0. The molecule has 0 aliphatic heterocycles. The lowest BCUT2D eigenvalue weighted by Gasteiger charge is -1.87. The number of nitro groups is 1. The second-order valence-electron chi connectivity index (χ2n) is 2.03. The van der Waals surface area contributed by atoms with E-state index in [0.29, 0.717) is 0 Å². The van der Waals surface area contributed by atoms with Gasteiger partial charge in [0.25, 0.3) is 0 Å². The Hall–Kier alpha value is -1.39. The first-order chi connectivity index (χ1) is 5.04. The van der Waals surface area contributed by atoms with E-state index in [4.69, 9.17) is 10.1 Å². The van der Waals surface area contributed by atoms with Crippen molar-refractivity contribution in [2.24, 2.45) is 7.05 Å². The molecular formula is C6H11N3O2. The molecular weight excluding hydrogens is 146 g/mol. The molecule has 1 aromatic rings. The molecule has 0 spiro atoms. The summed E-state index contributed by atoms with van der Waals surface area (Å²) in [6, 6.07) is 0. The minimum Gasteiger partial charge on any atom is -0.338 e. The Morgan fingerprint density at radius 3 is 2.27 bits per heavy atom. The zero-order valence-electron chi connectivity index (χ0n) is 6.81. The van der Waals surface area contributed by atoms with E-state index in [1.807, 2.05) is 24.7 Å². The highest BCUT2D eigenvalue weighted by Crippen LogP contribution is 1.86. The van der Waals surface area contributed by atoms with Crippen molar-refractivity contribution in [1.29, 1.82) is 0 Å². The predicted octanol–water partition coefficient (Wildman–Crippen LogP) is 0.621. The Morgan fingerprint density at radius 1 is 1.73 bits per heavy atom. The third kappa shape index (κ3) is 5.07. The van der Waals surface area contributed by atoms with Gasteiger partial charge in [-0.15, -0.1) is 0 Å². The maximum atomic E-state index is 8.81. The highest BCUT2D eigenvalue weighted by molar-refractivity contribution is 4.85. The number of hydrogen-bond donors (Lipinski definition) is 0. The van der Waals surface area contributed by atoms with E-state index >= 15 is 0 Å². The summed E-state index contributed by atoms with van der Waals surface area (Å²) >= 11 is 0. The molecule has 0 amide bonds. The summed E-state index contributed by atoms with van der Waals surface area (Å²) in [5.74, 6) is 1.06. The van der Waals surface area contributed by atoms with E-state index in [1.54, 1.807) is 6.20 Å². The fraction of sp³-hybridized carbons (Fsp3) is 0.500. The summed E-state index contributed by atoms with van der Waals surface area (Å²) in [6.45, 7) is 1.97. The van der Waals surface area contributed by atoms with Crippen LogP contribution in [0.2, 0.25) is 0 Å². The molecule has 0 N–H and O–H groups in total. The molecule has 11 heavy (non-hydrogen) atoms. The normalized spacial score (nSPS) is 8.27. The van der Waals surface area contributed by atoms with Gasteiger partial charge in [-0.05, 0) is 6.92 Å². The molecule has 0 bridgehead atoms. The fourth-order valence-corrected chi connectivity index (χ4v) is 0.440. The Balaban J connectivity index is 0.000000218. The van der Waals surface area contributed by atoms with Gasteiger partial charge in [-0.25, -0.2) is 4.98 Å². The van der Waals surface area contributed by atoms with Crippen molar-refractivity contribution in [1.82, 2.24) is 9.55 Å². The molecule has 62 valence electrons. The van der Waals surface area contributed by atoms with Crippen LogP contribution in [0.1, 0.15) is 5.82 Å².